The molecule has 0 aliphatic carbocycles. The highest BCUT2D eigenvalue weighted by Crippen LogP contribution is 2.24. The maximum atomic E-state index is 11.2. The number of hydrogen-bond acceptors (Lipinski definition) is 6. The Labute approximate surface area is 103 Å². The number of nitrogens with one attached hydrogen (secondary N) is 2. The molecule has 5 nitrogen and oxygen atoms in total. The number of anilines is 1. The highest BCUT2D eigenvalue weighted by Gasteiger charge is 2.06. The Morgan fingerprint density at radius 2 is 2.25 bits per heavy atom. The molecule has 1 amide bonds. The van der Waals surface area contributed by atoms with Crippen molar-refractivity contribution in [2.45, 2.75) is 24.6 Å². The molecule has 0 spiro atoms. The Balaban J connectivity index is 2.31. The van der Waals surface area contributed by atoms with Crippen molar-refractivity contribution in [1.29, 1.82) is 0 Å². The molecular formula is C9H16N4OS2. The Bertz CT molecular complexity index is 329. The summed E-state index contributed by atoms with van der Waals surface area (Å²) >= 11 is 2.90. The molecule has 90 valence electrons. The van der Waals surface area contributed by atoms with Gasteiger partial charge in [-0.1, -0.05) is 30.0 Å². The van der Waals surface area contributed by atoms with E-state index in [1.807, 2.05) is 6.92 Å². The average Bonchev–Trinajstić information content (AvgIpc) is 2.72. The molecule has 1 rings (SSSR count). The number of hydrogen-bond donors (Lipinski definition) is 2. The van der Waals surface area contributed by atoms with Crippen LogP contribution in [0.3, 0.4) is 0 Å². The maximum Gasteiger partial charge on any atom is 0.230 e. The van der Waals surface area contributed by atoms with Gasteiger partial charge < -0.3 is 10.6 Å². The zero-order valence-corrected chi connectivity index (χ0v) is 11.1. The van der Waals surface area contributed by atoms with E-state index >= 15 is 0 Å². The van der Waals surface area contributed by atoms with Gasteiger partial charge in [0.25, 0.3) is 0 Å². The fourth-order valence-corrected chi connectivity index (χ4v) is 2.55. The highest BCUT2D eigenvalue weighted by atomic mass is 32.2. The van der Waals surface area contributed by atoms with Gasteiger partial charge in [-0.15, -0.1) is 10.2 Å². The monoisotopic (exact) mass is 260 g/mol. The van der Waals surface area contributed by atoms with Crippen molar-refractivity contribution >= 4 is 34.1 Å². The predicted molar refractivity (Wildman–Crippen MR) is 68.1 cm³/mol. The summed E-state index contributed by atoms with van der Waals surface area (Å²) in [7, 11) is 0. The van der Waals surface area contributed by atoms with Crippen molar-refractivity contribution < 1.29 is 4.79 Å². The Morgan fingerprint density at radius 3 is 2.94 bits per heavy atom. The second kappa shape index (κ2) is 7.45. The first-order valence-corrected chi connectivity index (χ1v) is 7.03. The number of nitrogens with zero attached hydrogens (tertiary/aromatic N) is 2. The van der Waals surface area contributed by atoms with Gasteiger partial charge in [-0.25, -0.2) is 0 Å². The van der Waals surface area contributed by atoms with Crippen molar-refractivity contribution in [3.63, 3.8) is 0 Å². The summed E-state index contributed by atoms with van der Waals surface area (Å²) in [4.78, 5) is 11.2. The first-order chi connectivity index (χ1) is 7.76. The summed E-state index contributed by atoms with van der Waals surface area (Å²) < 4.78 is 0.824. The van der Waals surface area contributed by atoms with E-state index in [-0.39, 0.29) is 5.91 Å². The zero-order chi connectivity index (χ0) is 11.8. The SMILES string of the molecule is CCCNc1nnc(SCC(=O)NCC)s1. The number of thioether (sulfide) groups is 1. The topological polar surface area (TPSA) is 66.9 Å². The van der Waals surface area contributed by atoms with Crippen LogP contribution in [0, 0.1) is 0 Å². The number of rotatable bonds is 7. The van der Waals surface area contributed by atoms with Crippen LogP contribution >= 0.6 is 23.1 Å². The minimum Gasteiger partial charge on any atom is -0.360 e. The lowest BCUT2D eigenvalue weighted by atomic mass is 10.5. The van der Waals surface area contributed by atoms with E-state index in [4.69, 9.17) is 0 Å². The Morgan fingerprint density at radius 1 is 1.44 bits per heavy atom. The Hall–Kier alpha value is -0.820. The number of carbonyl (C=O) groups is 1. The molecule has 0 aliphatic heterocycles. The molecule has 0 bridgehead atoms. The van der Waals surface area contributed by atoms with E-state index in [0.717, 1.165) is 22.4 Å². The number of amides is 1. The van der Waals surface area contributed by atoms with Gasteiger partial charge in [0.2, 0.25) is 11.0 Å². The second-order valence-corrected chi connectivity index (χ2v) is 5.24. The average molecular weight is 260 g/mol. The van der Waals surface area contributed by atoms with Crippen LogP contribution in [-0.2, 0) is 4.79 Å². The van der Waals surface area contributed by atoms with Crippen molar-refractivity contribution in [2.75, 3.05) is 24.2 Å². The first-order valence-electron chi connectivity index (χ1n) is 5.23. The van der Waals surface area contributed by atoms with Gasteiger partial charge in [0, 0.05) is 13.1 Å². The minimum atomic E-state index is 0.0331. The van der Waals surface area contributed by atoms with E-state index < -0.39 is 0 Å². The van der Waals surface area contributed by atoms with Crippen LogP contribution in [0.1, 0.15) is 20.3 Å². The first kappa shape index (κ1) is 13.2. The summed E-state index contributed by atoms with van der Waals surface area (Å²) in [6.45, 7) is 5.56. The number of carbonyl (C=O) groups excluding carboxylic acids is 1. The van der Waals surface area contributed by atoms with Crippen LogP contribution in [-0.4, -0.2) is 34.9 Å². The summed E-state index contributed by atoms with van der Waals surface area (Å²) in [6.07, 6.45) is 1.06. The molecule has 0 atom stereocenters. The quantitative estimate of drug-likeness (QED) is 0.729. The molecule has 0 aromatic carbocycles. The molecule has 2 N–H and O–H groups in total. The summed E-state index contributed by atoms with van der Waals surface area (Å²) in [6, 6.07) is 0. The van der Waals surface area contributed by atoms with Gasteiger partial charge in [0.05, 0.1) is 5.75 Å². The largest absolute Gasteiger partial charge is 0.360 e. The third-order valence-corrected chi connectivity index (χ3v) is 3.65. The van der Waals surface area contributed by atoms with Gasteiger partial charge in [-0.3, -0.25) is 4.79 Å². The van der Waals surface area contributed by atoms with Gasteiger partial charge in [0.15, 0.2) is 4.34 Å². The van der Waals surface area contributed by atoms with Crippen molar-refractivity contribution in [3.8, 4) is 0 Å². The van der Waals surface area contributed by atoms with Gasteiger partial charge in [0.1, 0.15) is 0 Å². The fourth-order valence-electron chi connectivity index (χ4n) is 0.947. The Kier molecular flexibility index (Phi) is 6.17. The standard InChI is InChI=1S/C9H16N4OS2/c1-3-5-11-8-12-13-9(16-8)15-6-7(14)10-4-2/h3-6H2,1-2H3,(H,10,14)(H,11,12). The maximum absolute atomic E-state index is 11.2. The smallest absolute Gasteiger partial charge is 0.230 e. The van der Waals surface area contributed by atoms with Crippen molar-refractivity contribution in [2.24, 2.45) is 0 Å². The van der Waals surface area contributed by atoms with Crippen LogP contribution in [0.25, 0.3) is 0 Å². The molecule has 0 radical (unpaired) electrons. The van der Waals surface area contributed by atoms with Crippen LogP contribution in [0.4, 0.5) is 5.13 Å². The molecular weight excluding hydrogens is 244 g/mol. The predicted octanol–water partition coefficient (Wildman–Crippen LogP) is 1.59. The second-order valence-electron chi connectivity index (χ2n) is 3.04. The highest BCUT2D eigenvalue weighted by molar-refractivity contribution is 8.01. The van der Waals surface area contributed by atoms with Gasteiger partial charge in [-0.05, 0) is 13.3 Å². The lowest BCUT2D eigenvalue weighted by Gasteiger charge is -1.98. The molecule has 0 aliphatic rings. The third-order valence-electron chi connectivity index (χ3n) is 1.63. The molecule has 7 heteroatoms. The van der Waals surface area contributed by atoms with Crippen molar-refractivity contribution in [1.82, 2.24) is 15.5 Å². The van der Waals surface area contributed by atoms with Crippen LogP contribution in [0.5, 0.6) is 0 Å². The molecule has 1 heterocycles. The minimum absolute atomic E-state index is 0.0331. The van der Waals surface area contributed by atoms with Gasteiger partial charge in [-0.2, -0.15) is 0 Å². The zero-order valence-electron chi connectivity index (χ0n) is 9.45. The van der Waals surface area contributed by atoms with E-state index in [2.05, 4.69) is 27.8 Å². The molecule has 0 saturated carbocycles. The fraction of sp³-hybridized carbons (Fsp3) is 0.667. The molecule has 1 aromatic heterocycles. The molecule has 0 unspecified atom stereocenters. The summed E-state index contributed by atoms with van der Waals surface area (Å²) in [5, 5.41) is 14.7. The van der Waals surface area contributed by atoms with Gasteiger partial charge >= 0.3 is 0 Å². The molecule has 16 heavy (non-hydrogen) atoms. The molecule has 1 aromatic rings. The van der Waals surface area contributed by atoms with Crippen LogP contribution in [0.2, 0.25) is 0 Å². The van der Waals surface area contributed by atoms with Crippen LogP contribution in [0.15, 0.2) is 4.34 Å². The molecule has 0 saturated heterocycles. The third kappa shape index (κ3) is 4.80. The lowest BCUT2D eigenvalue weighted by molar-refractivity contribution is -0.118. The van der Waals surface area contributed by atoms with E-state index in [1.54, 1.807) is 0 Å². The lowest BCUT2D eigenvalue weighted by Crippen LogP contribution is -2.24. The summed E-state index contributed by atoms with van der Waals surface area (Å²) in [5.41, 5.74) is 0. The molecule has 0 fully saturated rings. The van der Waals surface area contributed by atoms with Crippen LogP contribution < -0.4 is 10.6 Å². The van der Waals surface area contributed by atoms with E-state index in [9.17, 15) is 4.79 Å². The van der Waals surface area contributed by atoms with Crippen molar-refractivity contribution in [3.05, 3.63) is 0 Å². The normalized spacial score (nSPS) is 10.1. The number of aromatic nitrogens is 2. The van der Waals surface area contributed by atoms with E-state index in [0.29, 0.717) is 12.3 Å². The summed E-state index contributed by atoms with van der Waals surface area (Å²) in [5.74, 6) is 0.432. The van der Waals surface area contributed by atoms with E-state index in [1.165, 1.54) is 23.1 Å².